The Morgan fingerprint density at radius 2 is 2.12 bits per heavy atom. The number of guanidine groups is 1. The van der Waals surface area contributed by atoms with Crippen molar-refractivity contribution in [2.45, 2.75) is 32.1 Å². The molecule has 1 amide bonds. The number of likely N-dealkylation sites (N-methyl/N-ethyl adjacent to an activating group) is 1. The van der Waals surface area contributed by atoms with Crippen LogP contribution in [0.2, 0.25) is 0 Å². The van der Waals surface area contributed by atoms with Crippen molar-refractivity contribution in [2.24, 2.45) is 10.9 Å². The van der Waals surface area contributed by atoms with Crippen LogP contribution in [-0.4, -0.2) is 50.5 Å². The van der Waals surface area contributed by atoms with Crippen LogP contribution in [0.25, 0.3) is 0 Å². The average Bonchev–Trinajstić information content (AvgIpc) is 3.00. The van der Waals surface area contributed by atoms with E-state index in [1.807, 2.05) is 7.05 Å². The predicted octanol–water partition coefficient (Wildman–Crippen LogP) is 2.72. The highest BCUT2D eigenvalue weighted by molar-refractivity contribution is 14.0. The first kappa shape index (κ1) is 21.2. The molecule has 0 atom stereocenters. The van der Waals surface area contributed by atoms with E-state index in [1.54, 1.807) is 11.3 Å². The number of aliphatic imine (C=N–C) groups is 1. The van der Waals surface area contributed by atoms with E-state index in [4.69, 9.17) is 0 Å². The molecule has 0 aromatic carbocycles. The lowest BCUT2D eigenvalue weighted by Crippen LogP contribution is -2.41. The van der Waals surface area contributed by atoms with Crippen LogP contribution in [0, 0.1) is 5.92 Å². The minimum atomic E-state index is 0. The largest absolute Gasteiger partial charge is 0.356 e. The number of hydrogen-bond donors (Lipinski definition) is 2. The second kappa shape index (κ2) is 11.7. The SMILES string of the molecule is CN=C(NCCCNC(=O)C1CCC1)N(C)CCc1cccs1.I. The van der Waals surface area contributed by atoms with Gasteiger partial charge in [-0.25, -0.2) is 0 Å². The van der Waals surface area contributed by atoms with Crippen molar-refractivity contribution in [1.82, 2.24) is 15.5 Å². The Bertz CT molecular complexity index is 503. The van der Waals surface area contributed by atoms with E-state index in [0.29, 0.717) is 0 Å². The normalized spacial score (nSPS) is 14.5. The number of nitrogens with one attached hydrogen (secondary N) is 2. The molecule has 0 radical (unpaired) electrons. The van der Waals surface area contributed by atoms with Gasteiger partial charge < -0.3 is 15.5 Å². The molecule has 0 saturated heterocycles. The number of carbonyl (C=O) groups is 1. The van der Waals surface area contributed by atoms with Gasteiger partial charge in [-0.15, -0.1) is 35.3 Å². The molecule has 2 N–H and O–H groups in total. The summed E-state index contributed by atoms with van der Waals surface area (Å²) in [5.41, 5.74) is 0. The van der Waals surface area contributed by atoms with Crippen LogP contribution >= 0.6 is 35.3 Å². The smallest absolute Gasteiger partial charge is 0.223 e. The Morgan fingerprint density at radius 3 is 2.71 bits per heavy atom. The van der Waals surface area contributed by atoms with Crippen molar-refractivity contribution in [3.63, 3.8) is 0 Å². The van der Waals surface area contributed by atoms with Crippen LogP contribution in [0.5, 0.6) is 0 Å². The van der Waals surface area contributed by atoms with Gasteiger partial charge in [0.25, 0.3) is 0 Å². The van der Waals surface area contributed by atoms with E-state index < -0.39 is 0 Å². The minimum Gasteiger partial charge on any atom is -0.356 e. The summed E-state index contributed by atoms with van der Waals surface area (Å²) in [7, 11) is 3.86. The van der Waals surface area contributed by atoms with Crippen LogP contribution in [0.15, 0.2) is 22.5 Å². The van der Waals surface area contributed by atoms with Crippen molar-refractivity contribution < 1.29 is 4.79 Å². The molecule has 136 valence electrons. The van der Waals surface area contributed by atoms with Crippen LogP contribution in [-0.2, 0) is 11.2 Å². The lowest BCUT2D eigenvalue weighted by molar-refractivity contribution is -0.127. The van der Waals surface area contributed by atoms with Crippen molar-refractivity contribution >= 4 is 47.2 Å². The highest BCUT2D eigenvalue weighted by Crippen LogP contribution is 2.25. The van der Waals surface area contributed by atoms with Gasteiger partial charge in [0.05, 0.1) is 0 Å². The highest BCUT2D eigenvalue weighted by Gasteiger charge is 2.24. The van der Waals surface area contributed by atoms with Crippen LogP contribution < -0.4 is 10.6 Å². The summed E-state index contributed by atoms with van der Waals surface area (Å²) in [5.74, 6) is 1.42. The molecule has 7 heteroatoms. The molecule has 1 aromatic rings. The first-order valence-corrected chi connectivity index (χ1v) is 9.30. The highest BCUT2D eigenvalue weighted by atomic mass is 127. The first-order chi connectivity index (χ1) is 11.2. The van der Waals surface area contributed by atoms with Gasteiger partial charge in [0, 0.05) is 44.5 Å². The fraction of sp³-hybridized carbons (Fsp3) is 0.647. The summed E-state index contributed by atoms with van der Waals surface area (Å²) in [5, 5.41) is 8.49. The number of hydrogen-bond acceptors (Lipinski definition) is 3. The molecule has 24 heavy (non-hydrogen) atoms. The lowest BCUT2D eigenvalue weighted by Gasteiger charge is -2.24. The van der Waals surface area contributed by atoms with Crippen LogP contribution in [0.3, 0.4) is 0 Å². The monoisotopic (exact) mass is 464 g/mol. The number of carbonyl (C=O) groups excluding carboxylic acids is 1. The van der Waals surface area contributed by atoms with E-state index in [9.17, 15) is 4.79 Å². The van der Waals surface area contributed by atoms with E-state index in [-0.39, 0.29) is 35.8 Å². The number of halogens is 1. The molecule has 1 saturated carbocycles. The fourth-order valence-corrected chi connectivity index (χ4v) is 3.24. The summed E-state index contributed by atoms with van der Waals surface area (Å²) < 4.78 is 0. The maximum absolute atomic E-state index is 11.7. The van der Waals surface area contributed by atoms with Gasteiger partial charge in [-0.3, -0.25) is 9.79 Å². The molecule has 5 nitrogen and oxygen atoms in total. The Hall–Kier alpha value is -0.830. The summed E-state index contributed by atoms with van der Waals surface area (Å²) in [6.07, 6.45) is 5.27. The topological polar surface area (TPSA) is 56.7 Å². The predicted molar refractivity (Wildman–Crippen MR) is 112 cm³/mol. The minimum absolute atomic E-state index is 0. The lowest BCUT2D eigenvalue weighted by atomic mass is 9.85. The van der Waals surface area contributed by atoms with Crippen molar-refractivity contribution in [2.75, 3.05) is 33.7 Å². The Balaban J connectivity index is 0.00000288. The third-order valence-corrected chi connectivity index (χ3v) is 5.20. The molecule has 0 bridgehead atoms. The van der Waals surface area contributed by atoms with E-state index in [1.165, 1.54) is 11.3 Å². The third kappa shape index (κ3) is 6.96. The van der Waals surface area contributed by atoms with Gasteiger partial charge in [-0.05, 0) is 37.1 Å². The molecule has 0 spiro atoms. The second-order valence-corrected chi connectivity index (χ2v) is 7.03. The standard InChI is InChI=1S/C17H28N4OS.HI/c1-18-17(21(2)12-9-15-8-4-13-23-15)20-11-5-10-19-16(22)14-6-3-7-14;/h4,8,13-14H,3,5-7,9-12H2,1-2H3,(H,18,20)(H,19,22);1H. The van der Waals surface area contributed by atoms with E-state index in [0.717, 1.165) is 51.3 Å². The molecule has 1 aliphatic rings. The molecule has 0 aliphatic heterocycles. The molecular weight excluding hydrogens is 435 g/mol. The Kier molecular flexibility index (Phi) is 10.3. The van der Waals surface area contributed by atoms with E-state index >= 15 is 0 Å². The zero-order chi connectivity index (χ0) is 16.5. The fourth-order valence-electron chi connectivity index (χ4n) is 2.54. The molecule has 1 aliphatic carbocycles. The van der Waals surface area contributed by atoms with Gasteiger partial charge in [-0.2, -0.15) is 0 Å². The van der Waals surface area contributed by atoms with Gasteiger partial charge in [0.1, 0.15) is 0 Å². The quantitative estimate of drug-likeness (QED) is 0.269. The van der Waals surface area contributed by atoms with Gasteiger partial charge in [0.2, 0.25) is 5.91 Å². The van der Waals surface area contributed by atoms with E-state index in [2.05, 4.69) is 45.1 Å². The maximum atomic E-state index is 11.7. The van der Waals surface area contributed by atoms with Crippen LogP contribution in [0.4, 0.5) is 0 Å². The Labute approximate surface area is 166 Å². The van der Waals surface area contributed by atoms with Crippen molar-refractivity contribution in [1.29, 1.82) is 0 Å². The van der Waals surface area contributed by atoms with Gasteiger partial charge in [0.15, 0.2) is 5.96 Å². The van der Waals surface area contributed by atoms with Gasteiger partial charge >= 0.3 is 0 Å². The summed E-state index contributed by atoms with van der Waals surface area (Å²) in [6.45, 7) is 2.50. The molecular formula is C17H29IN4OS. The van der Waals surface area contributed by atoms with Gasteiger partial charge in [-0.1, -0.05) is 12.5 Å². The molecule has 2 rings (SSSR count). The molecule has 1 aromatic heterocycles. The van der Waals surface area contributed by atoms with Crippen molar-refractivity contribution in [3.8, 4) is 0 Å². The maximum Gasteiger partial charge on any atom is 0.223 e. The summed E-state index contributed by atoms with van der Waals surface area (Å²) >= 11 is 1.79. The Morgan fingerprint density at radius 1 is 1.38 bits per heavy atom. The summed E-state index contributed by atoms with van der Waals surface area (Å²) in [6, 6.07) is 4.25. The van der Waals surface area contributed by atoms with Crippen molar-refractivity contribution in [3.05, 3.63) is 22.4 Å². The second-order valence-electron chi connectivity index (χ2n) is 6.00. The molecule has 1 heterocycles. The number of thiophene rings is 1. The molecule has 0 unspecified atom stereocenters. The molecule has 1 fully saturated rings. The summed E-state index contributed by atoms with van der Waals surface area (Å²) in [4.78, 5) is 19.6. The number of nitrogens with zero attached hydrogens (tertiary/aromatic N) is 2. The zero-order valence-electron chi connectivity index (χ0n) is 14.6. The number of amides is 1. The average molecular weight is 464 g/mol. The zero-order valence-corrected chi connectivity index (χ0v) is 17.7. The number of rotatable bonds is 8. The van der Waals surface area contributed by atoms with Crippen LogP contribution in [0.1, 0.15) is 30.6 Å². The first-order valence-electron chi connectivity index (χ1n) is 8.42. The third-order valence-electron chi connectivity index (χ3n) is 4.26.